The molecule has 0 fully saturated rings. The van der Waals surface area contributed by atoms with E-state index in [1.165, 1.54) is 0 Å². The van der Waals surface area contributed by atoms with E-state index in [9.17, 15) is 22.0 Å². The van der Waals surface area contributed by atoms with Crippen molar-refractivity contribution in [3.63, 3.8) is 0 Å². The lowest BCUT2D eigenvalue weighted by molar-refractivity contribution is -0.0498. The maximum atomic E-state index is 12.3. The SMILES string of the molecule is O=C(O)c1ccc(OC(F)F)cc1NS(=O)(=O)N1CC=CCC1. The fraction of sp³-hybridized carbons (Fsp3) is 0.308. The number of nitrogens with zero attached hydrogens (tertiary/aromatic N) is 1. The molecule has 10 heteroatoms. The van der Waals surface area contributed by atoms with E-state index in [-0.39, 0.29) is 30.1 Å². The number of anilines is 1. The van der Waals surface area contributed by atoms with Crippen molar-refractivity contribution in [3.8, 4) is 5.75 Å². The Morgan fingerprint density at radius 1 is 1.35 bits per heavy atom. The fourth-order valence-electron chi connectivity index (χ4n) is 2.01. The highest BCUT2D eigenvalue weighted by Gasteiger charge is 2.24. The summed E-state index contributed by atoms with van der Waals surface area (Å²) in [5.41, 5.74) is -0.715. The first-order valence-electron chi connectivity index (χ1n) is 6.54. The first-order valence-corrected chi connectivity index (χ1v) is 7.98. The van der Waals surface area contributed by atoms with E-state index in [0.29, 0.717) is 6.42 Å². The van der Waals surface area contributed by atoms with Gasteiger partial charge < -0.3 is 9.84 Å². The lowest BCUT2D eigenvalue weighted by Gasteiger charge is -2.24. The predicted molar refractivity (Wildman–Crippen MR) is 77.9 cm³/mol. The van der Waals surface area contributed by atoms with Crippen LogP contribution in [0.1, 0.15) is 16.8 Å². The maximum absolute atomic E-state index is 12.3. The molecule has 0 amide bonds. The van der Waals surface area contributed by atoms with Crippen molar-refractivity contribution in [2.75, 3.05) is 17.8 Å². The molecule has 1 aromatic carbocycles. The molecule has 0 bridgehead atoms. The van der Waals surface area contributed by atoms with E-state index in [1.807, 2.05) is 6.08 Å². The van der Waals surface area contributed by atoms with E-state index in [1.54, 1.807) is 6.08 Å². The van der Waals surface area contributed by atoms with Gasteiger partial charge in [0, 0.05) is 19.2 Å². The van der Waals surface area contributed by atoms with Gasteiger partial charge >= 0.3 is 22.8 Å². The molecule has 1 heterocycles. The highest BCUT2D eigenvalue weighted by molar-refractivity contribution is 7.90. The third-order valence-corrected chi connectivity index (χ3v) is 4.54. The molecule has 0 unspecified atom stereocenters. The average Bonchev–Trinajstić information content (AvgIpc) is 2.47. The molecule has 126 valence electrons. The van der Waals surface area contributed by atoms with Gasteiger partial charge in [-0.15, -0.1) is 0 Å². The zero-order valence-electron chi connectivity index (χ0n) is 11.8. The van der Waals surface area contributed by atoms with Crippen molar-refractivity contribution in [1.29, 1.82) is 0 Å². The van der Waals surface area contributed by atoms with Crippen LogP contribution in [0.4, 0.5) is 14.5 Å². The van der Waals surface area contributed by atoms with Crippen LogP contribution in [0.2, 0.25) is 0 Å². The number of hydrogen-bond donors (Lipinski definition) is 2. The highest BCUT2D eigenvalue weighted by atomic mass is 32.2. The van der Waals surface area contributed by atoms with Crippen LogP contribution in [0, 0.1) is 0 Å². The van der Waals surface area contributed by atoms with Crippen molar-refractivity contribution in [2.45, 2.75) is 13.0 Å². The number of alkyl halides is 2. The monoisotopic (exact) mass is 348 g/mol. The molecule has 1 aromatic rings. The predicted octanol–water partition coefficient (Wildman–Crippen LogP) is 1.90. The van der Waals surface area contributed by atoms with Crippen LogP contribution in [-0.2, 0) is 10.2 Å². The van der Waals surface area contributed by atoms with Gasteiger partial charge in [0.25, 0.3) is 0 Å². The second-order valence-electron chi connectivity index (χ2n) is 4.62. The summed E-state index contributed by atoms with van der Waals surface area (Å²) in [6, 6.07) is 2.93. The number of halogens is 2. The van der Waals surface area contributed by atoms with Gasteiger partial charge in [-0.1, -0.05) is 12.2 Å². The number of rotatable bonds is 6. The summed E-state index contributed by atoms with van der Waals surface area (Å²) < 4.78 is 56.4. The molecule has 1 aliphatic heterocycles. The van der Waals surface area contributed by atoms with E-state index in [0.717, 1.165) is 22.5 Å². The van der Waals surface area contributed by atoms with Gasteiger partial charge in [0.1, 0.15) is 5.75 Å². The van der Waals surface area contributed by atoms with Crippen molar-refractivity contribution in [1.82, 2.24) is 4.31 Å². The molecule has 0 aliphatic carbocycles. The molecule has 0 aromatic heterocycles. The Labute approximate surface area is 131 Å². The Morgan fingerprint density at radius 3 is 2.65 bits per heavy atom. The molecule has 0 saturated carbocycles. The summed E-state index contributed by atoms with van der Waals surface area (Å²) in [5, 5.41) is 9.10. The van der Waals surface area contributed by atoms with Crippen LogP contribution < -0.4 is 9.46 Å². The van der Waals surface area contributed by atoms with Crippen LogP contribution in [0.5, 0.6) is 5.75 Å². The molecule has 0 atom stereocenters. The molecule has 0 saturated heterocycles. The summed E-state index contributed by atoms with van der Waals surface area (Å²) in [4.78, 5) is 11.2. The molecular weight excluding hydrogens is 334 g/mol. The highest BCUT2D eigenvalue weighted by Crippen LogP contribution is 2.26. The van der Waals surface area contributed by atoms with Crippen LogP contribution in [0.15, 0.2) is 30.4 Å². The minimum atomic E-state index is -4.01. The first kappa shape index (κ1) is 17.2. The molecule has 2 rings (SSSR count). The summed E-state index contributed by atoms with van der Waals surface area (Å²) in [6.45, 7) is -2.73. The topological polar surface area (TPSA) is 95.9 Å². The number of hydrogen-bond acceptors (Lipinski definition) is 4. The number of carboxylic acid groups (broad SMARTS) is 1. The minimum Gasteiger partial charge on any atom is -0.478 e. The van der Waals surface area contributed by atoms with Crippen molar-refractivity contribution in [3.05, 3.63) is 35.9 Å². The quantitative estimate of drug-likeness (QED) is 0.766. The Bertz CT molecular complexity index is 721. The van der Waals surface area contributed by atoms with Gasteiger partial charge in [0.15, 0.2) is 0 Å². The van der Waals surface area contributed by atoms with Gasteiger partial charge in [0.05, 0.1) is 11.3 Å². The van der Waals surface area contributed by atoms with E-state index in [4.69, 9.17) is 5.11 Å². The number of ether oxygens (including phenoxy) is 1. The minimum absolute atomic E-state index is 0.144. The Balaban J connectivity index is 2.32. The number of carboxylic acids is 1. The van der Waals surface area contributed by atoms with Gasteiger partial charge in [-0.05, 0) is 18.6 Å². The zero-order valence-corrected chi connectivity index (χ0v) is 12.6. The smallest absolute Gasteiger partial charge is 0.387 e. The first-order chi connectivity index (χ1) is 10.8. The Hall–Kier alpha value is -2.20. The molecular formula is C13H14F2N2O5S. The summed E-state index contributed by atoms with van der Waals surface area (Å²) in [5.74, 6) is -1.74. The van der Waals surface area contributed by atoms with Gasteiger partial charge in [-0.3, -0.25) is 4.72 Å². The number of carbonyl (C=O) groups is 1. The van der Waals surface area contributed by atoms with E-state index < -0.39 is 22.8 Å². The molecule has 2 N–H and O–H groups in total. The molecule has 0 spiro atoms. The second-order valence-corrected chi connectivity index (χ2v) is 6.29. The normalized spacial score (nSPS) is 15.6. The van der Waals surface area contributed by atoms with Crippen molar-refractivity contribution >= 4 is 21.9 Å². The fourth-order valence-corrected chi connectivity index (χ4v) is 3.22. The van der Waals surface area contributed by atoms with Crippen LogP contribution in [0.3, 0.4) is 0 Å². The van der Waals surface area contributed by atoms with E-state index in [2.05, 4.69) is 9.46 Å². The van der Waals surface area contributed by atoms with Crippen molar-refractivity contribution in [2.24, 2.45) is 0 Å². The van der Waals surface area contributed by atoms with E-state index >= 15 is 0 Å². The van der Waals surface area contributed by atoms with Crippen LogP contribution in [0.25, 0.3) is 0 Å². The molecule has 1 aliphatic rings. The lowest BCUT2D eigenvalue weighted by atomic mass is 10.2. The molecule has 7 nitrogen and oxygen atoms in total. The Kier molecular flexibility index (Phi) is 5.16. The summed E-state index contributed by atoms with van der Waals surface area (Å²) in [6.07, 6.45) is 4.02. The lowest BCUT2D eigenvalue weighted by Crippen LogP contribution is -2.38. The molecule has 0 radical (unpaired) electrons. The van der Waals surface area contributed by atoms with Crippen molar-refractivity contribution < 1.29 is 31.8 Å². The molecule has 23 heavy (non-hydrogen) atoms. The average molecular weight is 348 g/mol. The second kappa shape index (κ2) is 6.92. The summed E-state index contributed by atoms with van der Waals surface area (Å²) in [7, 11) is -4.01. The third kappa shape index (κ3) is 4.39. The van der Waals surface area contributed by atoms with Crippen LogP contribution >= 0.6 is 0 Å². The van der Waals surface area contributed by atoms with Gasteiger partial charge in [-0.25, -0.2) is 4.79 Å². The standard InChI is InChI=1S/C13H14F2N2O5S/c14-13(15)22-9-4-5-10(12(18)19)11(8-9)16-23(20,21)17-6-2-1-3-7-17/h1-2,4-5,8,13,16H,3,6-7H2,(H,18,19). The Morgan fingerprint density at radius 2 is 2.09 bits per heavy atom. The third-order valence-electron chi connectivity index (χ3n) is 3.05. The number of aromatic carboxylic acids is 1. The number of nitrogens with one attached hydrogen (secondary N) is 1. The number of benzene rings is 1. The maximum Gasteiger partial charge on any atom is 0.387 e. The summed E-state index contributed by atoms with van der Waals surface area (Å²) >= 11 is 0. The van der Waals surface area contributed by atoms with Gasteiger partial charge in [0.2, 0.25) is 0 Å². The largest absolute Gasteiger partial charge is 0.478 e. The van der Waals surface area contributed by atoms with Gasteiger partial charge in [-0.2, -0.15) is 21.5 Å². The zero-order chi connectivity index (χ0) is 17.0. The van der Waals surface area contributed by atoms with Crippen LogP contribution in [-0.4, -0.2) is 43.5 Å².